The summed E-state index contributed by atoms with van der Waals surface area (Å²) in [5, 5.41) is 4.36. The van der Waals surface area contributed by atoms with Gasteiger partial charge in [0, 0.05) is 29.1 Å². The van der Waals surface area contributed by atoms with E-state index in [0.29, 0.717) is 10.9 Å². The van der Waals surface area contributed by atoms with Gasteiger partial charge >= 0.3 is 0 Å². The summed E-state index contributed by atoms with van der Waals surface area (Å²) in [5.74, 6) is -0.0618. The Morgan fingerprint density at radius 1 is 1.25 bits per heavy atom. The van der Waals surface area contributed by atoms with Crippen LogP contribution in [0.5, 0.6) is 0 Å². The second-order valence-corrected chi connectivity index (χ2v) is 7.89. The van der Waals surface area contributed by atoms with Crippen LogP contribution in [0.4, 0.5) is 15.2 Å². The molecule has 0 bridgehead atoms. The molecule has 0 aliphatic carbocycles. The Hall–Kier alpha value is -1.77. The van der Waals surface area contributed by atoms with Crippen LogP contribution in [0.15, 0.2) is 39.4 Å². The number of nitrogens with zero attached hydrogens (tertiary/aromatic N) is 3. The number of carbonyl (C=O) groups excluding carboxylic acids is 1. The third-order valence-electron chi connectivity index (χ3n) is 3.08. The fourth-order valence-corrected chi connectivity index (χ4v) is 4.77. The van der Waals surface area contributed by atoms with Crippen molar-refractivity contribution in [1.29, 1.82) is 0 Å². The number of thioether (sulfide) groups is 1. The lowest BCUT2D eigenvalue weighted by atomic mass is 10.3. The van der Waals surface area contributed by atoms with Crippen LogP contribution >= 0.6 is 34.4 Å². The number of thiazole rings is 2. The Balaban J connectivity index is 1.79. The number of halogens is 1. The van der Waals surface area contributed by atoms with Gasteiger partial charge in [-0.2, -0.15) is 0 Å². The van der Waals surface area contributed by atoms with Gasteiger partial charge < -0.3 is 0 Å². The van der Waals surface area contributed by atoms with E-state index in [9.17, 15) is 9.18 Å². The molecule has 3 rings (SSSR count). The number of hydrogen-bond acceptors (Lipinski definition) is 6. The topological polar surface area (TPSA) is 46.1 Å². The van der Waals surface area contributed by atoms with Gasteiger partial charge in [0.1, 0.15) is 10.2 Å². The van der Waals surface area contributed by atoms with Crippen molar-refractivity contribution in [2.24, 2.45) is 0 Å². The molecule has 0 N–H and O–H groups in total. The SMILES string of the molecule is CC(=O)N(c1nc(CSc2nc(C)cs2)cs1)c1ccccc1F. The van der Waals surface area contributed by atoms with E-state index in [0.717, 1.165) is 15.7 Å². The Morgan fingerprint density at radius 2 is 2.04 bits per heavy atom. The molecule has 124 valence electrons. The molecule has 0 spiro atoms. The van der Waals surface area contributed by atoms with Gasteiger partial charge in [0.2, 0.25) is 5.91 Å². The second kappa shape index (κ2) is 7.42. The fraction of sp³-hybridized carbons (Fsp3) is 0.188. The number of rotatable bonds is 5. The average Bonchev–Trinajstić information content (AvgIpc) is 3.16. The molecule has 8 heteroatoms. The van der Waals surface area contributed by atoms with Crippen molar-refractivity contribution in [3.63, 3.8) is 0 Å². The van der Waals surface area contributed by atoms with Crippen molar-refractivity contribution in [2.45, 2.75) is 23.9 Å². The summed E-state index contributed by atoms with van der Waals surface area (Å²) in [7, 11) is 0. The highest BCUT2D eigenvalue weighted by Gasteiger charge is 2.20. The van der Waals surface area contributed by atoms with E-state index in [1.54, 1.807) is 41.3 Å². The third kappa shape index (κ3) is 3.82. The summed E-state index contributed by atoms with van der Waals surface area (Å²) in [4.78, 5) is 22.2. The molecule has 1 amide bonds. The molecular weight excluding hydrogens is 365 g/mol. The summed E-state index contributed by atoms with van der Waals surface area (Å²) >= 11 is 4.53. The normalized spacial score (nSPS) is 10.8. The van der Waals surface area contributed by atoms with Gasteiger partial charge in [0.15, 0.2) is 5.13 Å². The largest absolute Gasteiger partial charge is 0.274 e. The van der Waals surface area contributed by atoms with Crippen LogP contribution in [0.1, 0.15) is 18.3 Å². The first-order valence-electron chi connectivity index (χ1n) is 7.09. The lowest BCUT2D eigenvalue weighted by Crippen LogP contribution is -2.23. The molecule has 0 atom stereocenters. The minimum Gasteiger partial charge on any atom is -0.274 e. The van der Waals surface area contributed by atoms with E-state index in [1.807, 2.05) is 17.7 Å². The average molecular weight is 380 g/mol. The van der Waals surface area contributed by atoms with Crippen LogP contribution in [0, 0.1) is 12.7 Å². The van der Waals surface area contributed by atoms with E-state index in [4.69, 9.17) is 0 Å². The van der Waals surface area contributed by atoms with Crippen molar-refractivity contribution in [2.75, 3.05) is 4.90 Å². The van der Waals surface area contributed by atoms with E-state index in [1.165, 1.54) is 29.2 Å². The van der Waals surface area contributed by atoms with Crippen LogP contribution in [0.3, 0.4) is 0 Å². The zero-order valence-electron chi connectivity index (χ0n) is 13.0. The van der Waals surface area contributed by atoms with Crippen LogP contribution in [-0.2, 0) is 10.5 Å². The number of para-hydroxylation sites is 1. The molecule has 0 fully saturated rings. The van der Waals surface area contributed by atoms with Gasteiger partial charge in [-0.1, -0.05) is 23.9 Å². The van der Waals surface area contributed by atoms with Crippen LogP contribution in [0.25, 0.3) is 0 Å². The molecule has 2 heterocycles. The first-order valence-corrected chi connectivity index (χ1v) is 9.83. The summed E-state index contributed by atoms with van der Waals surface area (Å²) < 4.78 is 15.0. The number of amides is 1. The van der Waals surface area contributed by atoms with Crippen LogP contribution in [-0.4, -0.2) is 15.9 Å². The molecule has 3 aromatic rings. The highest BCUT2D eigenvalue weighted by atomic mass is 32.2. The van der Waals surface area contributed by atoms with E-state index in [2.05, 4.69) is 9.97 Å². The third-order valence-corrected chi connectivity index (χ3v) is 6.13. The molecule has 0 radical (unpaired) electrons. The number of benzene rings is 1. The molecule has 2 aromatic heterocycles. The highest BCUT2D eigenvalue weighted by Crippen LogP contribution is 2.33. The predicted molar refractivity (Wildman–Crippen MR) is 97.7 cm³/mol. The van der Waals surface area contributed by atoms with Crippen LogP contribution in [0.2, 0.25) is 0 Å². The molecule has 0 aliphatic heterocycles. The van der Waals surface area contributed by atoms with Crippen molar-refractivity contribution >= 4 is 51.2 Å². The number of hydrogen-bond donors (Lipinski definition) is 0. The van der Waals surface area contributed by atoms with Crippen molar-refractivity contribution in [3.8, 4) is 0 Å². The summed E-state index contributed by atoms with van der Waals surface area (Å²) in [6.07, 6.45) is 0. The quantitative estimate of drug-likeness (QED) is 0.584. The number of anilines is 2. The fourth-order valence-electron chi connectivity index (χ4n) is 2.04. The number of aryl methyl sites for hydroxylation is 1. The molecule has 4 nitrogen and oxygen atoms in total. The lowest BCUT2D eigenvalue weighted by Gasteiger charge is -2.18. The highest BCUT2D eigenvalue weighted by molar-refractivity contribution is 8.00. The maximum absolute atomic E-state index is 14.0. The maximum atomic E-state index is 14.0. The summed E-state index contributed by atoms with van der Waals surface area (Å²) in [6, 6.07) is 6.20. The second-order valence-electron chi connectivity index (χ2n) is 4.97. The Bertz CT molecular complexity index is 862. The molecule has 1 aromatic carbocycles. The smallest absolute Gasteiger partial charge is 0.230 e. The van der Waals surface area contributed by atoms with Gasteiger partial charge in [-0.25, -0.2) is 14.4 Å². The lowest BCUT2D eigenvalue weighted by molar-refractivity contribution is -0.115. The maximum Gasteiger partial charge on any atom is 0.230 e. The van der Waals surface area contributed by atoms with Gasteiger partial charge in [-0.3, -0.25) is 9.69 Å². The number of carbonyl (C=O) groups is 1. The minimum atomic E-state index is -0.447. The van der Waals surface area contributed by atoms with E-state index >= 15 is 0 Å². The Morgan fingerprint density at radius 3 is 2.71 bits per heavy atom. The van der Waals surface area contributed by atoms with E-state index < -0.39 is 5.82 Å². The predicted octanol–water partition coefficient (Wildman–Crippen LogP) is 5.02. The standard InChI is InChI=1S/C16H14FN3OS3/c1-10-7-23-16(18-10)24-9-12-8-22-15(19-12)20(11(2)21)14-6-4-3-5-13(14)17/h3-8H,9H2,1-2H3. The van der Waals surface area contributed by atoms with Crippen molar-refractivity contribution < 1.29 is 9.18 Å². The Kier molecular flexibility index (Phi) is 5.27. The van der Waals surface area contributed by atoms with Gasteiger partial charge in [0.05, 0.1) is 11.4 Å². The summed E-state index contributed by atoms with van der Waals surface area (Å²) in [6.45, 7) is 3.36. The van der Waals surface area contributed by atoms with Crippen LogP contribution < -0.4 is 4.90 Å². The molecule has 0 aliphatic rings. The number of aromatic nitrogens is 2. The minimum absolute atomic E-state index is 0.217. The monoisotopic (exact) mass is 379 g/mol. The molecule has 24 heavy (non-hydrogen) atoms. The van der Waals surface area contributed by atoms with Crippen molar-refractivity contribution in [3.05, 3.63) is 52.2 Å². The van der Waals surface area contributed by atoms with Gasteiger partial charge in [-0.15, -0.1) is 22.7 Å². The Labute approximate surface area is 151 Å². The summed E-state index contributed by atoms with van der Waals surface area (Å²) in [5.41, 5.74) is 2.06. The van der Waals surface area contributed by atoms with Gasteiger partial charge in [-0.05, 0) is 19.1 Å². The molecule has 0 unspecified atom stereocenters. The first-order chi connectivity index (χ1) is 11.5. The van der Waals surface area contributed by atoms with E-state index in [-0.39, 0.29) is 11.6 Å². The molecule has 0 saturated heterocycles. The van der Waals surface area contributed by atoms with Crippen molar-refractivity contribution in [1.82, 2.24) is 9.97 Å². The molecular formula is C16H14FN3OS3. The molecule has 0 saturated carbocycles. The first kappa shape index (κ1) is 17.1. The van der Waals surface area contributed by atoms with Gasteiger partial charge in [0.25, 0.3) is 0 Å². The zero-order chi connectivity index (χ0) is 17.1. The zero-order valence-corrected chi connectivity index (χ0v) is 15.5.